The van der Waals surface area contributed by atoms with Gasteiger partial charge in [0.1, 0.15) is 13.2 Å². The molecule has 0 heterocycles. The van der Waals surface area contributed by atoms with Crippen molar-refractivity contribution in [1.82, 2.24) is 0 Å². The van der Waals surface area contributed by atoms with Gasteiger partial charge in [0.15, 0.2) is 6.10 Å². The monoisotopic (exact) mass is 1170 g/mol. The predicted octanol–water partition coefficient (Wildman–Crippen LogP) is 25.9. The third-order valence-electron chi connectivity index (χ3n) is 17.1. The number of hydrogen-bond donors (Lipinski definition) is 0. The summed E-state index contributed by atoms with van der Waals surface area (Å²) in [5, 5.41) is 0. The fourth-order valence-electron chi connectivity index (χ4n) is 11.5. The molecule has 0 aromatic carbocycles. The van der Waals surface area contributed by atoms with Crippen molar-refractivity contribution in [2.75, 3.05) is 13.2 Å². The molecule has 0 fully saturated rings. The quantitative estimate of drug-likeness (QED) is 0.0261. The van der Waals surface area contributed by atoms with Gasteiger partial charge in [-0.25, -0.2) is 0 Å². The molecule has 0 saturated carbocycles. The van der Waals surface area contributed by atoms with Crippen LogP contribution in [0.5, 0.6) is 0 Å². The molecule has 0 aromatic heterocycles. The summed E-state index contributed by atoms with van der Waals surface area (Å²) in [5.41, 5.74) is 0. The van der Waals surface area contributed by atoms with Crippen molar-refractivity contribution in [3.63, 3.8) is 0 Å². The summed E-state index contributed by atoms with van der Waals surface area (Å²) in [7, 11) is 0. The molecule has 83 heavy (non-hydrogen) atoms. The Labute approximate surface area is 518 Å². The molecule has 0 spiro atoms. The van der Waals surface area contributed by atoms with Gasteiger partial charge in [-0.2, -0.15) is 0 Å². The number of hydrogen-bond acceptors (Lipinski definition) is 6. The molecule has 0 aliphatic carbocycles. The first-order valence-electron chi connectivity index (χ1n) is 37.5. The maximum atomic E-state index is 12.9. The Kier molecular flexibility index (Phi) is 70.0. The van der Waals surface area contributed by atoms with Crippen LogP contribution in [0, 0.1) is 0 Å². The van der Waals surface area contributed by atoms with Crippen LogP contribution >= 0.6 is 0 Å². The van der Waals surface area contributed by atoms with Gasteiger partial charge in [0.25, 0.3) is 0 Å². The minimum Gasteiger partial charge on any atom is -0.462 e. The number of allylic oxidation sites excluding steroid dienone is 6. The molecule has 0 rings (SSSR count). The van der Waals surface area contributed by atoms with Gasteiger partial charge in [-0.1, -0.05) is 378 Å². The molecule has 0 amide bonds. The van der Waals surface area contributed by atoms with E-state index in [2.05, 4.69) is 57.2 Å². The van der Waals surface area contributed by atoms with Crippen molar-refractivity contribution in [3.05, 3.63) is 36.5 Å². The number of esters is 3. The van der Waals surface area contributed by atoms with E-state index in [0.717, 1.165) is 70.6 Å². The van der Waals surface area contributed by atoms with Gasteiger partial charge in [-0.15, -0.1) is 0 Å². The first-order chi connectivity index (χ1) is 41.0. The smallest absolute Gasteiger partial charge is 0.306 e. The molecular weight excluding hydrogens is 1020 g/mol. The highest BCUT2D eigenvalue weighted by molar-refractivity contribution is 5.71. The fourth-order valence-corrected chi connectivity index (χ4v) is 11.5. The van der Waals surface area contributed by atoms with Gasteiger partial charge in [0, 0.05) is 19.3 Å². The first kappa shape index (κ1) is 80.6. The summed E-state index contributed by atoms with van der Waals surface area (Å²) in [6, 6.07) is 0. The predicted molar refractivity (Wildman–Crippen MR) is 362 cm³/mol. The summed E-state index contributed by atoms with van der Waals surface area (Å²) in [6.07, 6.45) is 91.0. The summed E-state index contributed by atoms with van der Waals surface area (Å²) in [4.78, 5) is 38.2. The highest BCUT2D eigenvalue weighted by Crippen LogP contribution is 2.19. The van der Waals surface area contributed by atoms with E-state index in [1.807, 2.05) is 0 Å². The molecular formula is C77H144O6. The van der Waals surface area contributed by atoms with Crippen molar-refractivity contribution >= 4 is 17.9 Å². The lowest BCUT2D eigenvalue weighted by molar-refractivity contribution is -0.167. The molecule has 6 heteroatoms. The van der Waals surface area contributed by atoms with Gasteiger partial charge in [0.05, 0.1) is 0 Å². The van der Waals surface area contributed by atoms with Crippen LogP contribution in [0.4, 0.5) is 0 Å². The Morgan fingerprint density at radius 2 is 0.434 bits per heavy atom. The maximum absolute atomic E-state index is 12.9. The Morgan fingerprint density at radius 1 is 0.241 bits per heavy atom. The van der Waals surface area contributed by atoms with Crippen LogP contribution in [-0.2, 0) is 28.6 Å². The normalized spacial score (nSPS) is 12.2. The zero-order valence-electron chi connectivity index (χ0n) is 56.2. The lowest BCUT2D eigenvalue weighted by Gasteiger charge is -2.18. The summed E-state index contributed by atoms with van der Waals surface area (Å²) < 4.78 is 16.9. The Balaban J connectivity index is 3.94. The largest absolute Gasteiger partial charge is 0.462 e. The number of carbonyl (C=O) groups excluding carboxylic acids is 3. The first-order valence-corrected chi connectivity index (χ1v) is 37.5. The van der Waals surface area contributed by atoms with Gasteiger partial charge < -0.3 is 14.2 Å². The molecule has 0 saturated heterocycles. The molecule has 0 aliphatic heterocycles. The van der Waals surface area contributed by atoms with Crippen LogP contribution in [-0.4, -0.2) is 37.2 Å². The van der Waals surface area contributed by atoms with Crippen LogP contribution in [0.3, 0.4) is 0 Å². The lowest BCUT2D eigenvalue weighted by Crippen LogP contribution is -2.30. The molecule has 0 bridgehead atoms. The standard InChI is InChI=1S/C77H144O6/c1-4-7-10-13-16-18-20-22-24-26-28-30-32-34-36-38-40-41-43-45-47-49-51-53-55-57-59-61-64-67-70-76(79)82-73-74(72-81-75(78)69-66-63-15-12-9-6-3)83-77(80)71-68-65-62-60-58-56-54-52-50-48-46-44-42-39-37-35-33-31-29-27-25-23-21-19-17-14-11-8-5-2/h21,23,27,29,33,35,74H,4-20,22,24-26,28,30-32,34,36-73H2,1-3H3/b23-21-,29-27-,35-33-. The minimum atomic E-state index is -0.768. The zero-order chi connectivity index (χ0) is 59.9. The van der Waals surface area contributed by atoms with E-state index in [0.29, 0.717) is 19.3 Å². The van der Waals surface area contributed by atoms with Crippen molar-refractivity contribution in [1.29, 1.82) is 0 Å². The van der Waals surface area contributed by atoms with Crippen LogP contribution in [0.1, 0.15) is 419 Å². The lowest BCUT2D eigenvalue weighted by atomic mass is 10.0. The van der Waals surface area contributed by atoms with E-state index < -0.39 is 6.10 Å². The Hall–Kier alpha value is -2.37. The number of carbonyl (C=O) groups is 3. The number of ether oxygens (including phenoxy) is 3. The molecule has 0 radical (unpaired) electrons. The maximum Gasteiger partial charge on any atom is 0.306 e. The molecule has 0 aliphatic rings. The van der Waals surface area contributed by atoms with E-state index >= 15 is 0 Å². The van der Waals surface area contributed by atoms with E-state index in [1.54, 1.807) is 0 Å². The van der Waals surface area contributed by atoms with E-state index in [-0.39, 0.29) is 31.1 Å². The highest BCUT2D eigenvalue weighted by Gasteiger charge is 2.20. The second-order valence-corrected chi connectivity index (χ2v) is 25.6. The third-order valence-corrected chi connectivity index (χ3v) is 17.1. The molecule has 6 nitrogen and oxygen atoms in total. The third kappa shape index (κ3) is 70.3. The molecule has 1 unspecified atom stereocenters. The van der Waals surface area contributed by atoms with E-state index in [9.17, 15) is 14.4 Å². The number of rotatable bonds is 70. The van der Waals surface area contributed by atoms with Crippen LogP contribution in [0.2, 0.25) is 0 Å². The molecule has 0 aromatic rings. The van der Waals surface area contributed by atoms with E-state index in [4.69, 9.17) is 14.2 Å². The highest BCUT2D eigenvalue weighted by atomic mass is 16.6. The summed E-state index contributed by atoms with van der Waals surface area (Å²) in [5.74, 6) is -0.849. The van der Waals surface area contributed by atoms with Crippen molar-refractivity contribution in [3.8, 4) is 0 Å². The SMILES string of the molecule is CCCCCCC/C=C\C/C=C\C/C=C\CCCCCCCCCCCCCCCCC(=O)OC(COC(=O)CCCCCCCC)COC(=O)CCCCCCCCCCCCCCCCCCCCCCCCCCCCCCCC. The topological polar surface area (TPSA) is 78.9 Å². The van der Waals surface area contributed by atoms with Crippen molar-refractivity contribution in [2.45, 2.75) is 425 Å². The molecule has 0 N–H and O–H groups in total. The van der Waals surface area contributed by atoms with Gasteiger partial charge in [-0.05, 0) is 57.8 Å². The van der Waals surface area contributed by atoms with Gasteiger partial charge in [0.2, 0.25) is 0 Å². The number of unbranched alkanes of at least 4 members (excludes halogenated alkanes) is 53. The Bertz CT molecular complexity index is 1380. The molecule has 488 valence electrons. The van der Waals surface area contributed by atoms with Gasteiger partial charge in [-0.3, -0.25) is 14.4 Å². The van der Waals surface area contributed by atoms with Crippen molar-refractivity contribution in [2.24, 2.45) is 0 Å². The fraction of sp³-hybridized carbons (Fsp3) is 0.883. The average molecular weight is 1170 g/mol. The summed E-state index contributed by atoms with van der Waals surface area (Å²) in [6.45, 7) is 6.64. The second kappa shape index (κ2) is 72.1. The zero-order valence-corrected chi connectivity index (χ0v) is 56.2. The van der Waals surface area contributed by atoms with Crippen molar-refractivity contribution < 1.29 is 28.6 Å². The average Bonchev–Trinajstić information content (AvgIpc) is 3.48. The second-order valence-electron chi connectivity index (χ2n) is 25.6. The summed E-state index contributed by atoms with van der Waals surface area (Å²) >= 11 is 0. The van der Waals surface area contributed by atoms with Crippen LogP contribution < -0.4 is 0 Å². The molecule has 1 atom stereocenters. The van der Waals surface area contributed by atoms with E-state index in [1.165, 1.54) is 308 Å². The minimum absolute atomic E-state index is 0.0666. The van der Waals surface area contributed by atoms with Crippen LogP contribution in [0.15, 0.2) is 36.5 Å². The van der Waals surface area contributed by atoms with Crippen LogP contribution in [0.25, 0.3) is 0 Å². The van der Waals surface area contributed by atoms with Gasteiger partial charge >= 0.3 is 17.9 Å². The Morgan fingerprint density at radius 3 is 0.675 bits per heavy atom.